The molecule has 0 saturated heterocycles. The van der Waals surface area contributed by atoms with Crippen LogP contribution in [0, 0.1) is 0 Å². The van der Waals surface area contributed by atoms with Crippen molar-refractivity contribution in [2.24, 2.45) is 0 Å². The quantitative estimate of drug-likeness (QED) is 0.346. The summed E-state index contributed by atoms with van der Waals surface area (Å²) in [6, 6.07) is 10.7. The Kier molecular flexibility index (Phi) is 8.29. The highest BCUT2D eigenvalue weighted by atomic mass is 16.5. The molecule has 2 aromatic carbocycles. The first-order valence-corrected chi connectivity index (χ1v) is 12.8. The van der Waals surface area contributed by atoms with E-state index in [1.807, 2.05) is 32.0 Å². The Morgan fingerprint density at radius 1 is 0.974 bits per heavy atom. The Labute approximate surface area is 223 Å². The molecule has 4 rings (SSSR count). The number of rotatable bonds is 9. The van der Waals surface area contributed by atoms with Crippen LogP contribution in [0.4, 0.5) is 0 Å². The summed E-state index contributed by atoms with van der Waals surface area (Å²) in [4.78, 5) is 27.1. The number of nitrogens with one attached hydrogen (secondary N) is 1. The van der Waals surface area contributed by atoms with Crippen molar-refractivity contribution in [2.75, 3.05) is 27.9 Å². The average Bonchev–Trinajstić information content (AvgIpc) is 2.91. The second kappa shape index (κ2) is 11.6. The summed E-state index contributed by atoms with van der Waals surface area (Å²) in [6.45, 7) is 4.14. The lowest BCUT2D eigenvalue weighted by Gasteiger charge is -2.37. The maximum atomic E-state index is 13.8. The lowest BCUT2D eigenvalue weighted by atomic mass is 9.71. The fourth-order valence-electron chi connectivity index (χ4n) is 5.26. The summed E-state index contributed by atoms with van der Waals surface area (Å²) in [7, 11) is 4.64. The SMILES string of the molecule is CCCCOC(=O)C1=C(C)NC2=C(C(=O)C[C@H](c3ccc(OC)c(OC)c3)C2)[C@@H]1c1ccc(OC)c(O)c1. The second-order valence-corrected chi connectivity index (χ2v) is 9.55. The third kappa shape index (κ3) is 5.21. The van der Waals surface area contributed by atoms with Gasteiger partial charge in [0, 0.05) is 29.3 Å². The Balaban J connectivity index is 1.76. The van der Waals surface area contributed by atoms with E-state index in [0.717, 1.165) is 24.1 Å². The number of hydrogen-bond acceptors (Lipinski definition) is 8. The van der Waals surface area contributed by atoms with Crippen LogP contribution in [-0.4, -0.2) is 44.8 Å². The molecule has 1 aliphatic carbocycles. The van der Waals surface area contributed by atoms with E-state index in [1.54, 1.807) is 32.4 Å². The molecule has 2 N–H and O–H groups in total. The summed E-state index contributed by atoms with van der Waals surface area (Å²) >= 11 is 0. The van der Waals surface area contributed by atoms with E-state index in [1.165, 1.54) is 7.11 Å². The summed E-state index contributed by atoms with van der Waals surface area (Å²) in [5.74, 6) is 0.199. The van der Waals surface area contributed by atoms with E-state index < -0.39 is 11.9 Å². The number of unbranched alkanes of at least 4 members (excludes halogenated alkanes) is 1. The van der Waals surface area contributed by atoms with Crippen molar-refractivity contribution in [2.45, 2.75) is 51.4 Å². The molecule has 38 heavy (non-hydrogen) atoms. The molecular weight excluding hydrogens is 486 g/mol. The van der Waals surface area contributed by atoms with Crippen LogP contribution in [0.2, 0.25) is 0 Å². The van der Waals surface area contributed by atoms with Crippen molar-refractivity contribution in [3.63, 3.8) is 0 Å². The first-order valence-electron chi connectivity index (χ1n) is 12.8. The molecule has 0 amide bonds. The molecule has 0 fully saturated rings. The molecule has 0 aromatic heterocycles. The summed E-state index contributed by atoms with van der Waals surface area (Å²) in [5, 5.41) is 13.9. The largest absolute Gasteiger partial charge is 0.504 e. The fraction of sp³-hybridized carbons (Fsp3) is 0.400. The van der Waals surface area contributed by atoms with Crippen molar-refractivity contribution in [1.82, 2.24) is 5.32 Å². The fourth-order valence-corrected chi connectivity index (χ4v) is 5.26. The Morgan fingerprint density at radius 3 is 2.32 bits per heavy atom. The maximum Gasteiger partial charge on any atom is 0.336 e. The van der Waals surface area contributed by atoms with E-state index >= 15 is 0 Å². The predicted octanol–water partition coefficient (Wildman–Crippen LogP) is 5.12. The minimum absolute atomic E-state index is 0.0616. The zero-order valence-corrected chi connectivity index (χ0v) is 22.6. The van der Waals surface area contributed by atoms with Gasteiger partial charge in [0.05, 0.1) is 33.5 Å². The van der Waals surface area contributed by atoms with Gasteiger partial charge in [0.25, 0.3) is 0 Å². The number of aromatic hydroxyl groups is 1. The predicted molar refractivity (Wildman–Crippen MR) is 143 cm³/mol. The van der Waals surface area contributed by atoms with Crippen LogP contribution in [-0.2, 0) is 14.3 Å². The average molecular weight is 522 g/mol. The molecule has 202 valence electrons. The third-order valence-electron chi connectivity index (χ3n) is 7.19. The first-order chi connectivity index (χ1) is 18.3. The van der Waals surface area contributed by atoms with Crippen molar-refractivity contribution >= 4 is 11.8 Å². The highest BCUT2D eigenvalue weighted by Crippen LogP contribution is 2.47. The van der Waals surface area contributed by atoms with Crippen LogP contribution in [0.25, 0.3) is 0 Å². The Bertz CT molecular complexity index is 1290. The van der Waals surface area contributed by atoms with E-state index in [9.17, 15) is 14.7 Å². The number of carbonyl (C=O) groups excluding carboxylic acids is 2. The Morgan fingerprint density at radius 2 is 1.66 bits per heavy atom. The Hall–Kier alpha value is -3.94. The van der Waals surface area contributed by atoms with Crippen LogP contribution in [0.15, 0.2) is 58.9 Å². The van der Waals surface area contributed by atoms with Gasteiger partial charge in [0.15, 0.2) is 28.8 Å². The van der Waals surface area contributed by atoms with Gasteiger partial charge in [-0.3, -0.25) is 4.79 Å². The summed E-state index contributed by atoms with van der Waals surface area (Å²) in [6.07, 6.45) is 2.49. The number of ether oxygens (including phenoxy) is 4. The lowest BCUT2D eigenvalue weighted by Crippen LogP contribution is -2.36. The maximum absolute atomic E-state index is 13.8. The molecule has 1 heterocycles. The first kappa shape index (κ1) is 27.1. The van der Waals surface area contributed by atoms with Crippen molar-refractivity contribution in [1.29, 1.82) is 0 Å². The smallest absolute Gasteiger partial charge is 0.336 e. The van der Waals surface area contributed by atoms with Gasteiger partial charge in [-0.1, -0.05) is 25.5 Å². The van der Waals surface area contributed by atoms with Gasteiger partial charge in [0.1, 0.15) is 0 Å². The van der Waals surface area contributed by atoms with E-state index in [-0.39, 0.29) is 23.9 Å². The van der Waals surface area contributed by atoms with Crippen LogP contribution in [0.3, 0.4) is 0 Å². The highest BCUT2D eigenvalue weighted by Gasteiger charge is 2.41. The van der Waals surface area contributed by atoms with E-state index in [0.29, 0.717) is 52.7 Å². The standard InChI is InChI=1S/C30H35NO7/c1-6-7-12-38-30(34)27-17(2)31-21-13-20(18-8-11-25(36-4)26(16-18)37-5)15-23(33)29(21)28(27)19-9-10-24(35-3)22(32)14-19/h8-11,14,16,20,28,31-32H,6-7,12-13,15H2,1-5H3/t20-,28-/m1/s1. The molecular formula is C30H35NO7. The normalized spacial score (nSPS) is 19.0. The molecule has 0 saturated carbocycles. The third-order valence-corrected chi connectivity index (χ3v) is 7.19. The molecule has 0 spiro atoms. The zero-order valence-electron chi connectivity index (χ0n) is 22.6. The van der Waals surface area contributed by atoms with Crippen molar-refractivity contribution in [3.8, 4) is 23.0 Å². The van der Waals surface area contributed by atoms with Crippen LogP contribution >= 0.6 is 0 Å². The topological polar surface area (TPSA) is 103 Å². The molecule has 0 bridgehead atoms. The van der Waals surface area contributed by atoms with Gasteiger partial charge >= 0.3 is 5.97 Å². The second-order valence-electron chi connectivity index (χ2n) is 9.55. The highest BCUT2D eigenvalue weighted by molar-refractivity contribution is 6.04. The number of carbonyl (C=O) groups is 2. The number of allylic oxidation sites excluding steroid dienone is 3. The molecule has 8 heteroatoms. The van der Waals surface area contributed by atoms with Gasteiger partial charge < -0.3 is 29.4 Å². The molecule has 2 aliphatic rings. The van der Waals surface area contributed by atoms with Gasteiger partial charge in [-0.25, -0.2) is 4.79 Å². The molecule has 2 atom stereocenters. The minimum Gasteiger partial charge on any atom is -0.504 e. The van der Waals surface area contributed by atoms with E-state index in [2.05, 4.69) is 5.32 Å². The summed E-state index contributed by atoms with van der Waals surface area (Å²) < 4.78 is 21.6. The van der Waals surface area contributed by atoms with Gasteiger partial charge in [-0.2, -0.15) is 0 Å². The van der Waals surface area contributed by atoms with Crippen LogP contribution in [0.1, 0.15) is 62.5 Å². The zero-order chi connectivity index (χ0) is 27.4. The number of methoxy groups -OCH3 is 3. The molecule has 1 aliphatic heterocycles. The van der Waals surface area contributed by atoms with Gasteiger partial charge in [0.2, 0.25) is 0 Å². The summed E-state index contributed by atoms with van der Waals surface area (Å²) in [5.41, 5.74) is 3.89. The number of benzene rings is 2. The lowest BCUT2D eigenvalue weighted by molar-refractivity contribution is -0.139. The molecule has 2 aromatic rings. The monoisotopic (exact) mass is 521 g/mol. The van der Waals surface area contributed by atoms with Crippen LogP contribution < -0.4 is 19.5 Å². The minimum atomic E-state index is -0.670. The number of hydrogen-bond donors (Lipinski definition) is 2. The molecule has 0 unspecified atom stereocenters. The number of Topliss-reactive ketones (excluding diaryl/α,β-unsaturated/α-hetero) is 1. The number of phenols is 1. The van der Waals surface area contributed by atoms with Gasteiger partial charge in [-0.05, 0) is 61.1 Å². The molecule has 8 nitrogen and oxygen atoms in total. The van der Waals surface area contributed by atoms with Crippen LogP contribution in [0.5, 0.6) is 23.0 Å². The van der Waals surface area contributed by atoms with E-state index in [4.69, 9.17) is 18.9 Å². The number of dihydropyridines is 1. The number of ketones is 1. The molecule has 0 radical (unpaired) electrons. The van der Waals surface area contributed by atoms with Crippen molar-refractivity contribution in [3.05, 3.63) is 70.1 Å². The van der Waals surface area contributed by atoms with Crippen molar-refractivity contribution < 1.29 is 33.6 Å². The number of phenolic OH excluding ortho intramolecular Hbond substituents is 1. The van der Waals surface area contributed by atoms with Gasteiger partial charge in [-0.15, -0.1) is 0 Å². The number of esters is 1.